The summed E-state index contributed by atoms with van der Waals surface area (Å²) >= 11 is 0. The summed E-state index contributed by atoms with van der Waals surface area (Å²) in [5.74, 6) is -0.0920. The van der Waals surface area contributed by atoms with E-state index in [-0.39, 0.29) is 18.3 Å². The van der Waals surface area contributed by atoms with Gasteiger partial charge in [-0.1, -0.05) is 19.1 Å². The van der Waals surface area contributed by atoms with Crippen molar-refractivity contribution in [2.45, 2.75) is 45.4 Å². The fourth-order valence-corrected chi connectivity index (χ4v) is 2.36. The minimum absolute atomic E-state index is 0.0714. The molecule has 1 saturated carbocycles. The molecule has 3 nitrogen and oxygen atoms in total. The molecule has 1 aliphatic carbocycles. The van der Waals surface area contributed by atoms with E-state index in [1.807, 2.05) is 0 Å². The first kappa shape index (κ1) is 12.9. The van der Waals surface area contributed by atoms with Gasteiger partial charge < -0.3 is 5.11 Å². The molecule has 0 amide bonds. The zero-order valence-corrected chi connectivity index (χ0v) is 9.82. The molecule has 0 aromatic heterocycles. The Kier molecular flexibility index (Phi) is 5.23. The van der Waals surface area contributed by atoms with Gasteiger partial charge in [0.15, 0.2) is 0 Å². The van der Waals surface area contributed by atoms with E-state index in [9.17, 15) is 9.59 Å². The average Bonchev–Trinajstić information content (AvgIpc) is 2.58. The van der Waals surface area contributed by atoms with Crippen LogP contribution in [0.5, 0.6) is 0 Å². The molecule has 1 N–H and O–H groups in total. The van der Waals surface area contributed by atoms with Crippen molar-refractivity contribution in [2.75, 3.05) is 0 Å². The smallest absolute Gasteiger partial charge is 0.303 e. The molecule has 0 radical (unpaired) electrons. The van der Waals surface area contributed by atoms with E-state index in [0.717, 1.165) is 19.3 Å². The number of carboxylic acids is 1. The Morgan fingerprint density at radius 1 is 1.50 bits per heavy atom. The van der Waals surface area contributed by atoms with Crippen LogP contribution in [0, 0.1) is 11.8 Å². The molecule has 3 heteroatoms. The van der Waals surface area contributed by atoms with Crippen LogP contribution in [0.2, 0.25) is 0 Å². The molecule has 1 fully saturated rings. The summed E-state index contributed by atoms with van der Waals surface area (Å²) in [6.45, 7) is 2.06. The van der Waals surface area contributed by atoms with Crippen LogP contribution < -0.4 is 0 Å². The fraction of sp³-hybridized carbons (Fsp3) is 0.692. The molecule has 2 atom stereocenters. The fourth-order valence-electron chi connectivity index (χ4n) is 2.36. The second-order valence-electron chi connectivity index (χ2n) is 4.42. The topological polar surface area (TPSA) is 54.4 Å². The third kappa shape index (κ3) is 3.80. The van der Waals surface area contributed by atoms with Gasteiger partial charge in [0.1, 0.15) is 5.78 Å². The molecule has 2 unspecified atom stereocenters. The van der Waals surface area contributed by atoms with Crippen LogP contribution in [0.4, 0.5) is 0 Å². The third-order valence-corrected chi connectivity index (χ3v) is 3.27. The Labute approximate surface area is 96.5 Å². The van der Waals surface area contributed by atoms with Crippen LogP contribution in [-0.2, 0) is 9.59 Å². The number of hydrogen-bond acceptors (Lipinski definition) is 2. The van der Waals surface area contributed by atoms with Gasteiger partial charge in [0.2, 0.25) is 0 Å². The second kappa shape index (κ2) is 6.46. The van der Waals surface area contributed by atoms with Crippen molar-refractivity contribution in [1.29, 1.82) is 0 Å². The van der Waals surface area contributed by atoms with E-state index >= 15 is 0 Å². The molecule has 0 aliphatic heterocycles. The monoisotopic (exact) mass is 224 g/mol. The van der Waals surface area contributed by atoms with Crippen LogP contribution in [-0.4, -0.2) is 16.9 Å². The predicted octanol–water partition coefficient (Wildman–Crippen LogP) is 2.80. The van der Waals surface area contributed by atoms with Gasteiger partial charge in [-0.25, -0.2) is 0 Å². The number of ketones is 1. The highest BCUT2D eigenvalue weighted by Crippen LogP contribution is 2.34. The number of hydrogen-bond donors (Lipinski definition) is 1. The largest absolute Gasteiger partial charge is 0.481 e. The summed E-state index contributed by atoms with van der Waals surface area (Å²) in [6, 6.07) is 0. The normalized spacial score (nSPS) is 25.4. The molecule has 90 valence electrons. The predicted molar refractivity (Wildman–Crippen MR) is 62.1 cm³/mol. The van der Waals surface area contributed by atoms with E-state index in [1.54, 1.807) is 0 Å². The Balaban J connectivity index is 2.45. The van der Waals surface area contributed by atoms with E-state index in [4.69, 9.17) is 5.11 Å². The lowest BCUT2D eigenvalue weighted by Crippen LogP contribution is -2.15. The molecule has 1 rings (SSSR count). The molecule has 0 saturated heterocycles. The van der Waals surface area contributed by atoms with Gasteiger partial charge in [-0.15, -0.1) is 0 Å². The zero-order valence-electron chi connectivity index (χ0n) is 9.82. The first-order valence-corrected chi connectivity index (χ1v) is 6.04. The summed E-state index contributed by atoms with van der Waals surface area (Å²) < 4.78 is 0. The van der Waals surface area contributed by atoms with E-state index in [1.165, 1.54) is 0 Å². The lowest BCUT2D eigenvalue weighted by atomic mass is 9.88. The Morgan fingerprint density at radius 2 is 2.25 bits per heavy atom. The number of allylic oxidation sites excluding steroid dienone is 2. The molecule has 0 bridgehead atoms. The maximum atomic E-state index is 11.6. The SMILES string of the molecule is CC/C=C\CC1C(=O)CCC1CCC(=O)O. The second-order valence-corrected chi connectivity index (χ2v) is 4.42. The van der Waals surface area contributed by atoms with Crippen molar-refractivity contribution in [3.8, 4) is 0 Å². The summed E-state index contributed by atoms with van der Waals surface area (Å²) in [5, 5.41) is 8.64. The number of carbonyl (C=O) groups excluding carboxylic acids is 1. The van der Waals surface area contributed by atoms with Gasteiger partial charge in [0, 0.05) is 18.8 Å². The number of Topliss-reactive ketones (excluding diaryl/α,β-unsaturated/α-hetero) is 1. The van der Waals surface area contributed by atoms with E-state index in [0.29, 0.717) is 18.6 Å². The van der Waals surface area contributed by atoms with Crippen molar-refractivity contribution < 1.29 is 14.7 Å². The third-order valence-electron chi connectivity index (χ3n) is 3.27. The van der Waals surface area contributed by atoms with Gasteiger partial charge in [-0.05, 0) is 31.6 Å². The molecule has 0 aromatic rings. The van der Waals surface area contributed by atoms with Gasteiger partial charge in [0.25, 0.3) is 0 Å². The van der Waals surface area contributed by atoms with Crippen molar-refractivity contribution in [1.82, 2.24) is 0 Å². The van der Waals surface area contributed by atoms with Crippen LogP contribution >= 0.6 is 0 Å². The van der Waals surface area contributed by atoms with Gasteiger partial charge in [0.05, 0.1) is 0 Å². The standard InChI is InChI=1S/C13H20O3/c1-2-3-4-5-11-10(6-8-12(11)14)7-9-13(15)16/h3-4,10-11H,2,5-9H2,1H3,(H,15,16)/b4-3-. The van der Waals surface area contributed by atoms with Crippen LogP contribution in [0.25, 0.3) is 0 Å². The van der Waals surface area contributed by atoms with Crippen LogP contribution in [0.3, 0.4) is 0 Å². The number of rotatable bonds is 6. The molecule has 0 heterocycles. The van der Waals surface area contributed by atoms with Crippen molar-refractivity contribution in [3.63, 3.8) is 0 Å². The van der Waals surface area contributed by atoms with Crippen molar-refractivity contribution in [2.24, 2.45) is 11.8 Å². The summed E-state index contributed by atoms with van der Waals surface area (Å²) in [6.07, 6.45) is 8.24. The molecular weight excluding hydrogens is 204 g/mol. The van der Waals surface area contributed by atoms with Gasteiger partial charge >= 0.3 is 5.97 Å². The maximum absolute atomic E-state index is 11.6. The van der Waals surface area contributed by atoms with Crippen molar-refractivity contribution in [3.05, 3.63) is 12.2 Å². The van der Waals surface area contributed by atoms with Gasteiger partial charge in [-0.3, -0.25) is 9.59 Å². The van der Waals surface area contributed by atoms with Crippen molar-refractivity contribution >= 4 is 11.8 Å². The summed E-state index contributed by atoms with van der Waals surface area (Å²) in [4.78, 5) is 22.1. The lowest BCUT2D eigenvalue weighted by Gasteiger charge is -2.15. The highest BCUT2D eigenvalue weighted by atomic mass is 16.4. The minimum atomic E-state index is -0.762. The van der Waals surface area contributed by atoms with E-state index in [2.05, 4.69) is 19.1 Å². The summed E-state index contributed by atoms with van der Waals surface area (Å²) in [7, 11) is 0. The Hall–Kier alpha value is -1.12. The highest BCUT2D eigenvalue weighted by molar-refractivity contribution is 5.83. The van der Waals surface area contributed by atoms with Crippen LogP contribution in [0.1, 0.15) is 45.4 Å². The summed E-state index contributed by atoms with van der Waals surface area (Å²) in [5.41, 5.74) is 0. The minimum Gasteiger partial charge on any atom is -0.481 e. The number of aliphatic carboxylic acids is 1. The highest BCUT2D eigenvalue weighted by Gasteiger charge is 2.33. The van der Waals surface area contributed by atoms with E-state index < -0.39 is 5.97 Å². The lowest BCUT2D eigenvalue weighted by molar-refractivity contribution is -0.137. The molecular formula is C13H20O3. The van der Waals surface area contributed by atoms with Gasteiger partial charge in [-0.2, -0.15) is 0 Å². The molecule has 0 spiro atoms. The quantitative estimate of drug-likeness (QED) is 0.706. The zero-order chi connectivity index (χ0) is 12.0. The maximum Gasteiger partial charge on any atom is 0.303 e. The Bertz CT molecular complexity index is 281. The molecule has 16 heavy (non-hydrogen) atoms. The first-order chi connectivity index (χ1) is 7.65. The Morgan fingerprint density at radius 3 is 2.88 bits per heavy atom. The number of carboxylic acid groups (broad SMARTS) is 1. The average molecular weight is 224 g/mol. The van der Waals surface area contributed by atoms with Crippen LogP contribution in [0.15, 0.2) is 12.2 Å². The number of carbonyl (C=O) groups is 2. The molecule has 1 aliphatic rings. The first-order valence-electron chi connectivity index (χ1n) is 6.04. The molecule has 0 aromatic carbocycles.